The molecule has 1 saturated heterocycles. The molecule has 2 aromatic carbocycles. The van der Waals surface area contributed by atoms with Crippen LogP contribution in [0.2, 0.25) is 0 Å². The van der Waals surface area contributed by atoms with Gasteiger partial charge in [0.1, 0.15) is 41.2 Å². The predicted molar refractivity (Wildman–Crippen MR) is 109 cm³/mol. The zero-order chi connectivity index (χ0) is 22.0. The second-order valence-electron chi connectivity index (χ2n) is 7.26. The molecule has 0 spiro atoms. The Labute approximate surface area is 178 Å². The first-order valence-corrected chi connectivity index (χ1v) is 10.0. The highest BCUT2D eigenvalue weighted by atomic mass is 16.7. The van der Waals surface area contributed by atoms with Crippen LogP contribution < -0.4 is 9.47 Å². The van der Waals surface area contributed by atoms with Crippen molar-refractivity contribution in [3.05, 3.63) is 48.0 Å². The molecule has 0 saturated carbocycles. The van der Waals surface area contributed by atoms with E-state index in [0.29, 0.717) is 29.9 Å². The predicted octanol–water partition coefficient (Wildman–Crippen LogP) is 0.0570. The van der Waals surface area contributed by atoms with E-state index in [1.807, 2.05) is 31.2 Å². The van der Waals surface area contributed by atoms with Gasteiger partial charge in [0.2, 0.25) is 6.29 Å². The Bertz CT molecular complexity index is 1010. The number of ether oxygens (including phenoxy) is 3. The van der Waals surface area contributed by atoms with Gasteiger partial charge < -0.3 is 34.6 Å². The molecule has 4 rings (SSSR count). The van der Waals surface area contributed by atoms with E-state index in [0.717, 1.165) is 11.3 Å². The second-order valence-corrected chi connectivity index (χ2v) is 7.26. The number of aromatic nitrogens is 3. The molecule has 3 aromatic rings. The molecule has 10 heteroatoms. The molecular weight excluding hydrogens is 406 g/mol. The van der Waals surface area contributed by atoms with Gasteiger partial charge in [0.25, 0.3) is 0 Å². The third-order valence-electron chi connectivity index (χ3n) is 5.15. The van der Waals surface area contributed by atoms with Crippen LogP contribution in [0.3, 0.4) is 0 Å². The number of hydrogen-bond acceptors (Lipinski definition) is 9. The van der Waals surface area contributed by atoms with E-state index >= 15 is 0 Å². The normalized spacial score (nSPS) is 26.2. The first-order valence-electron chi connectivity index (χ1n) is 10.0. The van der Waals surface area contributed by atoms with Crippen LogP contribution in [0.25, 0.3) is 11.0 Å². The standard InChI is InChI=1S/C21H25N3O7/c1-2-29-13-8-6-12(7-9-13)10-24-17-14(22-23-24)4-3-5-15(17)30-21-20(28)19(27)18(26)16(11-25)31-21/h3-9,16,18-21,25-28H,2,10-11H2,1H3/t16-,18-,19+,20-,21?/m0/s1. The van der Waals surface area contributed by atoms with E-state index in [9.17, 15) is 20.4 Å². The molecule has 1 unspecified atom stereocenters. The SMILES string of the molecule is CCOc1ccc(Cn2nnc3cccc(OC4O[C@@H](CO)[C@H](O)[C@@H](O)[C@@H]4O)c32)cc1. The van der Waals surface area contributed by atoms with E-state index in [4.69, 9.17) is 14.2 Å². The molecule has 0 amide bonds. The molecule has 0 aliphatic carbocycles. The third-order valence-corrected chi connectivity index (χ3v) is 5.15. The Morgan fingerprint density at radius 3 is 2.52 bits per heavy atom. The Morgan fingerprint density at radius 1 is 1.03 bits per heavy atom. The van der Waals surface area contributed by atoms with Crippen molar-refractivity contribution in [2.75, 3.05) is 13.2 Å². The maximum atomic E-state index is 10.3. The summed E-state index contributed by atoms with van der Waals surface area (Å²) in [5, 5.41) is 48.0. The van der Waals surface area contributed by atoms with Gasteiger partial charge in [0.15, 0.2) is 5.75 Å². The van der Waals surface area contributed by atoms with E-state index in [1.54, 1.807) is 22.9 Å². The lowest BCUT2D eigenvalue weighted by Crippen LogP contribution is -2.60. The van der Waals surface area contributed by atoms with Crippen LogP contribution >= 0.6 is 0 Å². The fraction of sp³-hybridized carbons (Fsp3) is 0.429. The molecule has 0 bridgehead atoms. The lowest BCUT2D eigenvalue weighted by atomic mass is 9.99. The van der Waals surface area contributed by atoms with Gasteiger partial charge in [-0.2, -0.15) is 0 Å². The topological polar surface area (TPSA) is 139 Å². The van der Waals surface area contributed by atoms with Crippen LogP contribution in [0.1, 0.15) is 12.5 Å². The van der Waals surface area contributed by atoms with Crippen LogP contribution in [0.4, 0.5) is 0 Å². The lowest BCUT2D eigenvalue weighted by Gasteiger charge is -2.39. The van der Waals surface area contributed by atoms with Crippen LogP contribution in [0, 0.1) is 0 Å². The zero-order valence-electron chi connectivity index (χ0n) is 16.9. The number of benzene rings is 2. The van der Waals surface area contributed by atoms with Crippen molar-refractivity contribution in [3.8, 4) is 11.5 Å². The van der Waals surface area contributed by atoms with Gasteiger partial charge in [0.05, 0.1) is 19.8 Å². The average molecular weight is 431 g/mol. The Balaban J connectivity index is 1.60. The molecule has 2 heterocycles. The van der Waals surface area contributed by atoms with Crippen molar-refractivity contribution < 1.29 is 34.6 Å². The first-order chi connectivity index (χ1) is 15.0. The van der Waals surface area contributed by atoms with Crippen LogP contribution in [0.5, 0.6) is 11.5 Å². The Kier molecular flexibility index (Phi) is 6.35. The largest absolute Gasteiger partial charge is 0.494 e. The highest BCUT2D eigenvalue weighted by molar-refractivity contribution is 5.81. The summed E-state index contributed by atoms with van der Waals surface area (Å²) < 4.78 is 18.4. The summed E-state index contributed by atoms with van der Waals surface area (Å²) in [5.41, 5.74) is 2.12. The average Bonchev–Trinajstić information content (AvgIpc) is 3.19. The summed E-state index contributed by atoms with van der Waals surface area (Å²) in [6, 6.07) is 12.8. The van der Waals surface area contributed by atoms with Gasteiger partial charge in [-0.05, 0) is 36.8 Å². The van der Waals surface area contributed by atoms with Crippen molar-refractivity contribution in [2.24, 2.45) is 0 Å². The maximum absolute atomic E-state index is 10.3. The van der Waals surface area contributed by atoms with E-state index in [-0.39, 0.29) is 0 Å². The summed E-state index contributed by atoms with van der Waals surface area (Å²) in [6.45, 7) is 2.39. The molecule has 4 N–H and O–H groups in total. The van der Waals surface area contributed by atoms with Gasteiger partial charge >= 0.3 is 0 Å². The van der Waals surface area contributed by atoms with Crippen LogP contribution in [0.15, 0.2) is 42.5 Å². The number of rotatable bonds is 7. The van der Waals surface area contributed by atoms with Gasteiger partial charge in [-0.1, -0.05) is 23.4 Å². The van der Waals surface area contributed by atoms with Gasteiger partial charge in [-0.15, -0.1) is 5.10 Å². The molecule has 1 aliphatic heterocycles. The minimum atomic E-state index is -1.53. The number of fused-ring (bicyclic) bond motifs is 1. The summed E-state index contributed by atoms with van der Waals surface area (Å²) in [4.78, 5) is 0. The van der Waals surface area contributed by atoms with Crippen molar-refractivity contribution in [1.29, 1.82) is 0 Å². The maximum Gasteiger partial charge on any atom is 0.229 e. The highest BCUT2D eigenvalue weighted by Crippen LogP contribution is 2.29. The molecule has 1 fully saturated rings. The van der Waals surface area contributed by atoms with Crippen LogP contribution in [-0.4, -0.2) is 79.3 Å². The second kappa shape index (κ2) is 9.16. The minimum Gasteiger partial charge on any atom is -0.494 e. The zero-order valence-corrected chi connectivity index (χ0v) is 16.9. The fourth-order valence-corrected chi connectivity index (χ4v) is 3.52. The number of nitrogens with zero attached hydrogens (tertiary/aromatic N) is 3. The van der Waals surface area contributed by atoms with Crippen LogP contribution in [-0.2, 0) is 11.3 Å². The summed E-state index contributed by atoms with van der Waals surface area (Å²) >= 11 is 0. The number of aliphatic hydroxyl groups is 4. The summed E-state index contributed by atoms with van der Waals surface area (Å²) in [5.74, 6) is 1.11. The van der Waals surface area contributed by atoms with Gasteiger partial charge in [0, 0.05) is 0 Å². The quantitative estimate of drug-likeness (QED) is 0.409. The molecule has 1 aromatic heterocycles. The Morgan fingerprint density at radius 2 is 1.81 bits per heavy atom. The van der Waals surface area contributed by atoms with Crippen molar-refractivity contribution in [2.45, 2.75) is 44.2 Å². The minimum absolute atomic E-state index is 0.331. The lowest BCUT2D eigenvalue weighted by molar-refractivity contribution is -0.277. The van der Waals surface area contributed by atoms with Gasteiger partial charge in [-0.3, -0.25) is 0 Å². The van der Waals surface area contributed by atoms with Gasteiger partial charge in [-0.25, -0.2) is 4.68 Å². The number of hydrogen-bond donors (Lipinski definition) is 4. The molecule has 5 atom stereocenters. The number of para-hydroxylation sites is 1. The monoisotopic (exact) mass is 431 g/mol. The third kappa shape index (κ3) is 4.34. The fourth-order valence-electron chi connectivity index (χ4n) is 3.52. The molecule has 10 nitrogen and oxygen atoms in total. The van der Waals surface area contributed by atoms with Crippen molar-refractivity contribution in [3.63, 3.8) is 0 Å². The number of aliphatic hydroxyl groups excluding tert-OH is 4. The summed E-state index contributed by atoms with van der Waals surface area (Å²) in [6.07, 6.45) is -6.85. The molecule has 0 radical (unpaired) electrons. The summed E-state index contributed by atoms with van der Waals surface area (Å²) in [7, 11) is 0. The first kappa shape index (κ1) is 21.5. The smallest absolute Gasteiger partial charge is 0.229 e. The van der Waals surface area contributed by atoms with Crippen molar-refractivity contribution in [1.82, 2.24) is 15.0 Å². The van der Waals surface area contributed by atoms with E-state index in [1.165, 1.54) is 0 Å². The molecule has 1 aliphatic rings. The molecule has 31 heavy (non-hydrogen) atoms. The molecular formula is C21H25N3O7. The molecule has 166 valence electrons. The Hall–Kier alpha value is -2.76. The van der Waals surface area contributed by atoms with Crippen molar-refractivity contribution >= 4 is 11.0 Å². The highest BCUT2D eigenvalue weighted by Gasteiger charge is 2.44. The van der Waals surface area contributed by atoms with E-state index in [2.05, 4.69) is 10.3 Å². The van der Waals surface area contributed by atoms with E-state index < -0.39 is 37.3 Å².